The number of halogens is 3. The second kappa shape index (κ2) is 10.2. The van der Waals surface area contributed by atoms with Gasteiger partial charge in [0.05, 0.1) is 12.8 Å². The molecule has 0 aliphatic carbocycles. The standard InChI is InChI=1S/C21H20ClF2N3O4S/c1-3-27-18(28)12-17(19(29)25-13-4-8-15(30-2)9-5-13)32-20(27)26-14-6-10-16(11-7-14)31-21(22,23)24/h4-11,17H,3,12H2,1-2H3,(H,25,29)/t17-/m0/s1. The minimum atomic E-state index is -3.82. The lowest BCUT2D eigenvalue weighted by Crippen LogP contribution is -2.45. The van der Waals surface area contributed by atoms with Gasteiger partial charge < -0.3 is 14.8 Å². The molecule has 3 rings (SSSR count). The molecule has 2 aromatic rings. The minimum absolute atomic E-state index is 0.0249. The molecule has 0 aromatic heterocycles. The van der Waals surface area contributed by atoms with Gasteiger partial charge in [0.25, 0.3) is 0 Å². The lowest BCUT2D eigenvalue weighted by atomic mass is 10.2. The molecule has 1 fully saturated rings. The molecule has 2 aromatic carbocycles. The number of anilines is 1. The quantitative estimate of drug-likeness (QED) is 0.570. The van der Waals surface area contributed by atoms with Crippen LogP contribution in [0.1, 0.15) is 13.3 Å². The number of thioether (sulfide) groups is 1. The molecule has 1 aliphatic heterocycles. The van der Waals surface area contributed by atoms with Gasteiger partial charge in [-0.15, -0.1) is 8.78 Å². The molecule has 0 spiro atoms. The number of nitrogens with zero attached hydrogens (tertiary/aromatic N) is 2. The first-order valence-electron chi connectivity index (χ1n) is 9.55. The summed E-state index contributed by atoms with van der Waals surface area (Å²) in [6.07, 6.45) is 0.0249. The van der Waals surface area contributed by atoms with Crippen molar-refractivity contribution in [2.75, 3.05) is 19.0 Å². The van der Waals surface area contributed by atoms with Crippen LogP contribution in [-0.2, 0) is 9.59 Å². The maximum atomic E-state index is 12.8. The lowest BCUT2D eigenvalue weighted by Gasteiger charge is -2.30. The molecule has 1 aliphatic rings. The predicted octanol–water partition coefficient (Wildman–Crippen LogP) is 4.84. The van der Waals surface area contributed by atoms with E-state index < -0.39 is 10.8 Å². The highest BCUT2D eigenvalue weighted by atomic mass is 35.5. The fourth-order valence-corrected chi connectivity index (χ4v) is 4.13. The Kier molecular flexibility index (Phi) is 7.57. The van der Waals surface area contributed by atoms with Gasteiger partial charge in [-0.2, -0.15) is 0 Å². The molecule has 170 valence electrons. The van der Waals surface area contributed by atoms with E-state index in [1.807, 2.05) is 0 Å². The van der Waals surface area contributed by atoms with Crippen molar-refractivity contribution >= 4 is 51.7 Å². The van der Waals surface area contributed by atoms with E-state index in [1.54, 1.807) is 38.3 Å². The Morgan fingerprint density at radius 1 is 1.22 bits per heavy atom. The molecule has 0 saturated carbocycles. The molecule has 1 atom stereocenters. The Hall–Kier alpha value is -2.85. The van der Waals surface area contributed by atoms with Gasteiger partial charge in [-0.1, -0.05) is 11.8 Å². The maximum Gasteiger partial charge on any atom is 0.487 e. The van der Waals surface area contributed by atoms with E-state index in [1.165, 1.54) is 29.2 Å². The van der Waals surface area contributed by atoms with E-state index in [4.69, 9.17) is 16.3 Å². The van der Waals surface area contributed by atoms with Crippen molar-refractivity contribution in [3.63, 3.8) is 0 Å². The van der Waals surface area contributed by atoms with Crippen LogP contribution in [0.3, 0.4) is 0 Å². The van der Waals surface area contributed by atoms with Crippen molar-refractivity contribution in [3.8, 4) is 11.5 Å². The highest BCUT2D eigenvalue weighted by Crippen LogP contribution is 2.31. The van der Waals surface area contributed by atoms with Gasteiger partial charge in [0, 0.05) is 30.3 Å². The van der Waals surface area contributed by atoms with Crippen molar-refractivity contribution in [1.29, 1.82) is 0 Å². The van der Waals surface area contributed by atoms with E-state index >= 15 is 0 Å². The topological polar surface area (TPSA) is 80.2 Å². The van der Waals surface area contributed by atoms with Crippen LogP contribution < -0.4 is 14.8 Å². The van der Waals surface area contributed by atoms with Crippen LogP contribution in [0.25, 0.3) is 0 Å². The molecule has 1 N–H and O–H groups in total. The molecule has 0 radical (unpaired) electrons. The third kappa shape index (κ3) is 6.33. The Morgan fingerprint density at radius 3 is 2.41 bits per heavy atom. The number of hydrogen-bond donors (Lipinski definition) is 1. The fraction of sp³-hybridized carbons (Fsp3) is 0.286. The number of amidine groups is 1. The number of hydrogen-bond acceptors (Lipinski definition) is 6. The lowest BCUT2D eigenvalue weighted by molar-refractivity contribution is -0.129. The second-order valence-corrected chi connectivity index (χ2v) is 8.21. The number of benzene rings is 2. The third-order valence-corrected chi connectivity index (χ3v) is 5.67. The first kappa shape index (κ1) is 23.8. The zero-order valence-electron chi connectivity index (χ0n) is 17.2. The van der Waals surface area contributed by atoms with Crippen molar-refractivity contribution in [3.05, 3.63) is 48.5 Å². The molecule has 7 nitrogen and oxygen atoms in total. The van der Waals surface area contributed by atoms with E-state index in [2.05, 4.69) is 15.0 Å². The predicted molar refractivity (Wildman–Crippen MR) is 120 cm³/mol. The van der Waals surface area contributed by atoms with E-state index in [0.29, 0.717) is 28.8 Å². The smallest absolute Gasteiger partial charge is 0.487 e. The molecular weight excluding hydrogens is 464 g/mol. The average Bonchev–Trinajstić information content (AvgIpc) is 2.74. The number of nitrogens with one attached hydrogen (secondary N) is 1. The average molecular weight is 484 g/mol. The number of ether oxygens (including phenoxy) is 2. The second-order valence-electron chi connectivity index (χ2n) is 6.60. The SMILES string of the molecule is CCN1C(=O)C[C@@H](C(=O)Nc2ccc(OC)cc2)SC1=Nc1ccc(OC(F)(F)Cl)cc1. The largest absolute Gasteiger partial charge is 0.497 e. The van der Waals surface area contributed by atoms with Gasteiger partial charge in [-0.3, -0.25) is 14.5 Å². The van der Waals surface area contributed by atoms with E-state index in [-0.39, 0.29) is 24.0 Å². The minimum Gasteiger partial charge on any atom is -0.497 e. The highest BCUT2D eigenvalue weighted by molar-refractivity contribution is 8.15. The normalized spacial score (nSPS) is 17.9. The zero-order valence-corrected chi connectivity index (χ0v) is 18.8. The number of methoxy groups -OCH3 is 1. The van der Waals surface area contributed by atoms with Crippen LogP contribution in [0.2, 0.25) is 0 Å². The number of amides is 2. The Morgan fingerprint density at radius 2 is 1.84 bits per heavy atom. The van der Waals surface area contributed by atoms with Gasteiger partial charge >= 0.3 is 5.57 Å². The summed E-state index contributed by atoms with van der Waals surface area (Å²) in [5, 5.41) is 2.45. The first-order valence-corrected chi connectivity index (χ1v) is 10.8. The van der Waals surface area contributed by atoms with Crippen molar-refractivity contribution in [1.82, 2.24) is 4.90 Å². The van der Waals surface area contributed by atoms with Crippen molar-refractivity contribution in [2.45, 2.75) is 24.2 Å². The number of aliphatic imine (C=N–C) groups is 1. The van der Waals surface area contributed by atoms with Gasteiger partial charge in [-0.25, -0.2) is 4.99 Å². The number of rotatable bonds is 7. The van der Waals surface area contributed by atoms with Crippen molar-refractivity contribution < 1.29 is 27.8 Å². The summed E-state index contributed by atoms with van der Waals surface area (Å²) in [6, 6.07) is 12.3. The number of carbonyl (C=O) groups excluding carboxylic acids is 2. The van der Waals surface area contributed by atoms with Crippen LogP contribution in [-0.4, -0.2) is 46.4 Å². The summed E-state index contributed by atoms with van der Waals surface area (Å²) in [5.74, 6) is -0.0403. The molecule has 1 heterocycles. The molecule has 0 unspecified atom stereocenters. The molecule has 2 amide bonds. The van der Waals surface area contributed by atoms with Gasteiger partial charge in [-0.05, 0) is 55.5 Å². The van der Waals surface area contributed by atoms with Crippen LogP contribution in [0.15, 0.2) is 53.5 Å². The van der Waals surface area contributed by atoms with Crippen LogP contribution in [0.5, 0.6) is 11.5 Å². The number of alkyl halides is 3. The fourth-order valence-electron chi connectivity index (χ4n) is 2.88. The monoisotopic (exact) mass is 483 g/mol. The van der Waals surface area contributed by atoms with Gasteiger partial charge in [0.1, 0.15) is 16.7 Å². The molecule has 32 heavy (non-hydrogen) atoms. The summed E-state index contributed by atoms with van der Waals surface area (Å²) in [4.78, 5) is 31.3. The van der Waals surface area contributed by atoms with Crippen LogP contribution in [0, 0.1) is 0 Å². The van der Waals surface area contributed by atoms with E-state index in [9.17, 15) is 18.4 Å². The zero-order chi connectivity index (χ0) is 23.3. The summed E-state index contributed by atoms with van der Waals surface area (Å²) in [7, 11) is 1.55. The summed E-state index contributed by atoms with van der Waals surface area (Å²) >= 11 is 5.92. The Balaban J connectivity index is 1.75. The van der Waals surface area contributed by atoms with E-state index in [0.717, 1.165) is 11.8 Å². The molecule has 0 bridgehead atoms. The summed E-state index contributed by atoms with van der Waals surface area (Å²) < 4.78 is 34.9. The summed E-state index contributed by atoms with van der Waals surface area (Å²) in [5.41, 5.74) is -2.84. The Labute approximate surface area is 192 Å². The molecular formula is C21H20ClF2N3O4S. The van der Waals surface area contributed by atoms with Crippen molar-refractivity contribution in [2.24, 2.45) is 4.99 Å². The van der Waals surface area contributed by atoms with Crippen LogP contribution in [0.4, 0.5) is 20.2 Å². The highest BCUT2D eigenvalue weighted by Gasteiger charge is 2.35. The van der Waals surface area contributed by atoms with Crippen LogP contribution >= 0.6 is 23.4 Å². The first-order chi connectivity index (χ1) is 15.2. The molecule has 1 saturated heterocycles. The maximum absolute atomic E-state index is 12.8. The summed E-state index contributed by atoms with van der Waals surface area (Å²) in [6.45, 7) is 2.17. The Bertz CT molecular complexity index is 998. The molecule has 11 heteroatoms. The van der Waals surface area contributed by atoms with Gasteiger partial charge in [0.2, 0.25) is 11.8 Å². The number of carbonyl (C=O) groups is 2. The van der Waals surface area contributed by atoms with Gasteiger partial charge in [0.15, 0.2) is 5.17 Å². The third-order valence-electron chi connectivity index (χ3n) is 4.40.